The average molecular weight is 328 g/mol. The maximum Gasteiger partial charge on any atom is 0.244 e. The first-order chi connectivity index (χ1) is 9.83. The second-order valence-corrected chi connectivity index (χ2v) is 8.77. The lowest BCUT2D eigenvalue weighted by Crippen LogP contribution is -2.58. The van der Waals surface area contributed by atoms with Crippen LogP contribution in [0.5, 0.6) is 0 Å². The van der Waals surface area contributed by atoms with E-state index in [9.17, 15) is 13.2 Å². The first-order valence-corrected chi connectivity index (χ1v) is 9.37. The minimum absolute atomic E-state index is 0.234. The number of rotatable bonds is 2. The summed E-state index contributed by atoms with van der Waals surface area (Å²) in [6.45, 7) is 1.02. The molecule has 0 spiro atoms. The number of carbonyl (C=O) groups excluding carboxylic acids is 1. The van der Waals surface area contributed by atoms with Crippen LogP contribution in [0.3, 0.4) is 0 Å². The summed E-state index contributed by atoms with van der Waals surface area (Å²) >= 11 is 6.01. The van der Waals surface area contributed by atoms with Gasteiger partial charge in [0.25, 0.3) is 0 Å². The maximum atomic E-state index is 12.8. The number of sulfone groups is 1. The van der Waals surface area contributed by atoms with Crippen LogP contribution in [-0.2, 0) is 27.6 Å². The molecule has 6 heteroatoms. The number of halogens is 1. The molecule has 0 saturated heterocycles. The standard InChI is InChI=1S/C15H18ClNO3S/c1-21(19,20)15(6-2-7-15)14(18)17-8-5-11-3-4-13(16)9-12(11)10-17/h3-4,9H,2,5-8,10H2,1H3. The van der Waals surface area contributed by atoms with Crippen molar-refractivity contribution in [3.8, 4) is 0 Å². The fraction of sp³-hybridized carbons (Fsp3) is 0.533. The highest BCUT2D eigenvalue weighted by Gasteiger charge is 2.54. The van der Waals surface area contributed by atoms with Gasteiger partial charge in [0.15, 0.2) is 14.6 Å². The van der Waals surface area contributed by atoms with Crippen molar-refractivity contribution in [3.05, 3.63) is 34.3 Å². The van der Waals surface area contributed by atoms with Gasteiger partial charge in [0.2, 0.25) is 5.91 Å². The first-order valence-electron chi connectivity index (χ1n) is 7.10. The van der Waals surface area contributed by atoms with E-state index in [4.69, 9.17) is 11.6 Å². The summed E-state index contributed by atoms with van der Waals surface area (Å²) in [7, 11) is -3.38. The summed E-state index contributed by atoms with van der Waals surface area (Å²) in [6.07, 6.45) is 3.62. The number of hydrogen-bond donors (Lipinski definition) is 0. The molecule has 1 amide bonds. The van der Waals surface area contributed by atoms with Crippen molar-refractivity contribution < 1.29 is 13.2 Å². The molecule has 1 fully saturated rings. The highest BCUT2D eigenvalue weighted by atomic mass is 35.5. The molecule has 1 aromatic carbocycles. The largest absolute Gasteiger partial charge is 0.337 e. The first kappa shape index (κ1) is 14.9. The Bertz CT molecular complexity index is 695. The van der Waals surface area contributed by atoms with Crippen LogP contribution in [0.4, 0.5) is 0 Å². The molecule has 0 atom stereocenters. The van der Waals surface area contributed by atoms with Crippen molar-refractivity contribution in [1.29, 1.82) is 0 Å². The van der Waals surface area contributed by atoms with Crippen molar-refractivity contribution in [1.82, 2.24) is 4.90 Å². The van der Waals surface area contributed by atoms with E-state index < -0.39 is 14.6 Å². The van der Waals surface area contributed by atoms with Gasteiger partial charge in [-0.1, -0.05) is 17.7 Å². The minimum Gasteiger partial charge on any atom is -0.337 e. The molecule has 2 aliphatic rings. The van der Waals surface area contributed by atoms with Crippen LogP contribution in [-0.4, -0.2) is 36.8 Å². The van der Waals surface area contributed by atoms with Crippen LogP contribution in [0.25, 0.3) is 0 Å². The summed E-state index contributed by atoms with van der Waals surface area (Å²) in [5.41, 5.74) is 2.20. The molecule has 1 aliphatic heterocycles. The molecule has 1 saturated carbocycles. The molecule has 1 heterocycles. The Morgan fingerprint density at radius 1 is 1.29 bits per heavy atom. The third kappa shape index (κ3) is 2.36. The van der Waals surface area contributed by atoms with E-state index in [-0.39, 0.29) is 5.91 Å². The lowest BCUT2D eigenvalue weighted by Gasteiger charge is -2.43. The molecule has 114 valence electrons. The van der Waals surface area contributed by atoms with E-state index >= 15 is 0 Å². The average Bonchev–Trinajstić information content (AvgIpc) is 2.34. The molecular formula is C15H18ClNO3S. The van der Waals surface area contributed by atoms with Gasteiger partial charge in [0.05, 0.1) is 0 Å². The predicted molar refractivity (Wildman–Crippen MR) is 82.0 cm³/mol. The number of benzene rings is 1. The number of fused-ring (bicyclic) bond motifs is 1. The van der Waals surface area contributed by atoms with E-state index in [1.165, 1.54) is 11.8 Å². The highest BCUT2D eigenvalue weighted by molar-refractivity contribution is 7.93. The number of hydrogen-bond acceptors (Lipinski definition) is 3. The fourth-order valence-corrected chi connectivity index (χ4v) is 4.90. The normalized spacial score (nSPS) is 20.6. The highest BCUT2D eigenvalue weighted by Crippen LogP contribution is 2.41. The molecule has 0 unspecified atom stereocenters. The summed E-state index contributed by atoms with van der Waals surface area (Å²) in [6, 6.07) is 5.70. The fourth-order valence-electron chi connectivity index (χ4n) is 3.23. The summed E-state index contributed by atoms with van der Waals surface area (Å²) in [5, 5.41) is 0.643. The number of amides is 1. The van der Waals surface area contributed by atoms with E-state index in [0.717, 1.165) is 18.4 Å². The SMILES string of the molecule is CS(=O)(=O)C1(C(=O)N2CCc3ccc(Cl)cc3C2)CCC1. The third-order valence-electron chi connectivity index (χ3n) is 4.73. The predicted octanol–water partition coefficient (Wildman–Crippen LogP) is 2.19. The van der Waals surface area contributed by atoms with Gasteiger partial charge in [-0.25, -0.2) is 8.42 Å². The number of carbonyl (C=O) groups is 1. The second kappa shape index (κ2) is 4.99. The molecule has 3 rings (SSSR count). The molecule has 0 bridgehead atoms. The molecule has 4 nitrogen and oxygen atoms in total. The molecule has 0 aromatic heterocycles. The Balaban J connectivity index is 1.88. The summed E-state index contributed by atoms with van der Waals surface area (Å²) < 4.78 is 22.9. The molecule has 0 radical (unpaired) electrons. The van der Waals surface area contributed by atoms with Crippen molar-refractivity contribution >= 4 is 27.3 Å². The van der Waals surface area contributed by atoms with Crippen molar-refractivity contribution in [2.45, 2.75) is 37.0 Å². The van der Waals surface area contributed by atoms with Gasteiger partial charge in [-0.15, -0.1) is 0 Å². The topological polar surface area (TPSA) is 54.5 Å². The van der Waals surface area contributed by atoms with E-state index in [0.29, 0.717) is 31.0 Å². The lowest BCUT2D eigenvalue weighted by atomic mass is 9.82. The zero-order valence-corrected chi connectivity index (χ0v) is 13.5. The maximum absolute atomic E-state index is 12.8. The third-order valence-corrected chi connectivity index (χ3v) is 6.97. The van der Waals surface area contributed by atoms with Gasteiger partial charge in [-0.2, -0.15) is 0 Å². The Hall–Kier alpha value is -1.07. The van der Waals surface area contributed by atoms with E-state index in [1.807, 2.05) is 18.2 Å². The number of nitrogens with zero attached hydrogens (tertiary/aromatic N) is 1. The van der Waals surface area contributed by atoms with Gasteiger partial charge in [0.1, 0.15) is 0 Å². The summed E-state index contributed by atoms with van der Waals surface area (Å²) in [4.78, 5) is 14.4. The molecule has 1 aliphatic carbocycles. The molecular weight excluding hydrogens is 310 g/mol. The van der Waals surface area contributed by atoms with Crippen molar-refractivity contribution in [2.24, 2.45) is 0 Å². The molecule has 1 aromatic rings. The van der Waals surface area contributed by atoms with Gasteiger partial charge >= 0.3 is 0 Å². The van der Waals surface area contributed by atoms with Gasteiger partial charge < -0.3 is 4.90 Å². The van der Waals surface area contributed by atoms with Crippen LogP contribution in [0.2, 0.25) is 5.02 Å². The summed E-state index contributed by atoms with van der Waals surface area (Å²) in [5.74, 6) is -0.234. The Labute approximate surface area is 130 Å². The lowest BCUT2D eigenvalue weighted by molar-refractivity contribution is -0.137. The minimum atomic E-state index is -3.38. The van der Waals surface area contributed by atoms with E-state index in [2.05, 4.69) is 0 Å². The van der Waals surface area contributed by atoms with Crippen molar-refractivity contribution in [3.63, 3.8) is 0 Å². The second-order valence-electron chi connectivity index (χ2n) is 6.01. The Morgan fingerprint density at radius 3 is 2.57 bits per heavy atom. The quantitative estimate of drug-likeness (QED) is 0.836. The van der Waals surface area contributed by atoms with Gasteiger partial charge in [-0.05, 0) is 48.9 Å². The van der Waals surface area contributed by atoms with Gasteiger partial charge in [0, 0.05) is 24.4 Å². The van der Waals surface area contributed by atoms with E-state index in [1.54, 1.807) is 4.90 Å². The van der Waals surface area contributed by atoms with Crippen LogP contribution in [0.1, 0.15) is 30.4 Å². The van der Waals surface area contributed by atoms with Crippen molar-refractivity contribution in [2.75, 3.05) is 12.8 Å². The monoisotopic (exact) mass is 327 g/mol. The van der Waals surface area contributed by atoms with Crippen LogP contribution >= 0.6 is 11.6 Å². The molecule has 21 heavy (non-hydrogen) atoms. The Kier molecular flexibility index (Phi) is 3.53. The zero-order valence-electron chi connectivity index (χ0n) is 11.9. The van der Waals surface area contributed by atoms with Crippen LogP contribution in [0, 0.1) is 0 Å². The smallest absolute Gasteiger partial charge is 0.244 e. The van der Waals surface area contributed by atoms with Crippen LogP contribution in [0.15, 0.2) is 18.2 Å². The zero-order chi connectivity index (χ0) is 15.3. The van der Waals surface area contributed by atoms with Crippen LogP contribution < -0.4 is 0 Å². The Morgan fingerprint density at radius 2 is 2.00 bits per heavy atom. The van der Waals surface area contributed by atoms with Gasteiger partial charge in [-0.3, -0.25) is 4.79 Å². The molecule has 0 N–H and O–H groups in total.